The van der Waals surface area contributed by atoms with Gasteiger partial charge in [-0.3, -0.25) is 19.2 Å². The van der Waals surface area contributed by atoms with E-state index >= 15 is 0 Å². The van der Waals surface area contributed by atoms with Crippen LogP contribution in [0.15, 0.2) is 42.5 Å². The number of hydrogen-bond acceptors (Lipinski definition) is 6. The number of carbonyl (C=O) groups excluding carboxylic acids is 4. The predicted octanol–water partition coefficient (Wildman–Crippen LogP) is 1.76. The summed E-state index contributed by atoms with van der Waals surface area (Å²) in [6, 6.07) is 8.63. The van der Waals surface area contributed by atoms with Gasteiger partial charge in [0.15, 0.2) is 0 Å². The van der Waals surface area contributed by atoms with Crippen molar-refractivity contribution in [3.05, 3.63) is 53.6 Å². The van der Waals surface area contributed by atoms with Gasteiger partial charge in [-0.1, -0.05) is 26.0 Å². The van der Waals surface area contributed by atoms with Crippen LogP contribution >= 0.6 is 0 Å². The van der Waals surface area contributed by atoms with E-state index in [-0.39, 0.29) is 35.6 Å². The third kappa shape index (κ3) is 6.58. The lowest BCUT2D eigenvalue weighted by molar-refractivity contribution is -0.132. The fourth-order valence-corrected chi connectivity index (χ4v) is 3.98. The topological polar surface area (TPSA) is 146 Å². The molecular formula is C27H32N4O6. The second-order valence-corrected chi connectivity index (χ2v) is 9.90. The molecule has 196 valence electrons. The molecule has 5 N–H and O–H groups in total. The number of ether oxygens (including phenoxy) is 1. The summed E-state index contributed by atoms with van der Waals surface area (Å²) in [6.07, 6.45) is 2.07. The SMILES string of the molecule is CC(C)[C@@H]1NC(=O)c2cc(ccc2O)Oc2ccc(cc2)C[C@H](C(=O)NC2CC2)NC(=O)[C@H](C)NC1=O. The molecule has 10 nitrogen and oxygen atoms in total. The van der Waals surface area contributed by atoms with Crippen molar-refractivity contribution in [1.82, 2.24) is 21.3 Å². The molecule has 0 saturated heterocycles. The van der Waals surface area contributed by atoms with Crippen LogP contribution in [0.2, 0.25) is 0 Å². The molecule has 1 aliphatic carbocycles. The molecule has 2 aromatic rings. The Hall–Kier alpha value is -4.08. The zero-order chi connectivity index (χ0) is 26.7. The molecule has 2 heterocycles. The largest absolute Gasteiger partial charge is 0.507 e. The normalized spacial score (nSPS) is 22.7. The zero-order valence-electron chi connectivity index (χ0n) is 21.0. The summed E-state index contributed by atoms with van der Waals surface area (Å²) >= 11 is 0. The Morgan fingerprint density at radius 3 is 2.30 bits per heavy atom. The number of carbonyl (C=O) groups is 4. The van der Waals surface area contributed by atoms with Crippen LogP contribution in [-0.4, -0.2) is 52.9 Å². The fourth-order valence-electron chi connectivity index (χ4n) is 3.98. The minimum atomic E-state index is -0.980. The van der Waals surface area contributed by atoms with Crippen LogP contribution in [0.3, 0.4) is 0 Å². The third-order valence-corrected chi connectivity index (χ3v) is 6.36. The van der Waals surface area contributed by atoms with Gasteiger partial charge in [-0.25, -0.2) is 0 Å². The molecule has 3 atom stereocenters. The number of benzene rings is 2. The van der Waals surface area contributed by atoms with Gasteiger partial charge in [0.05, 0.1) is 5.56 Å². The Bertz CT molecular complexity index is 1190. The summed E-state index contributed by atoms with van der Waals surface area (Å²) in [5.74, 6) is -1.81. The average molecular weight is 509 g/mol. The van der Waals surface area contributed by atoms with Crippen molar-refractivity contribution in [2.24, 2.45) is 5.92 Å². The molecule has 4 amide bonds. The van der Waals surface area contributed by atoms with Crippen LogP contribution in [0.5, 0.6) is 17.2 Å². The van der Waals surface area contributed by atoms with Gasteiger partial charge in [0, 0.05) is 12.5 Å². The van der Waals surface area contributed by atoms with Crippen molar-refractivity contribution < 1.29 is 29.0 Å². The van der Waals surface area contributed by atoms with E-state index in [1.807, 2.05) is 0 Å². The van der Waals surface area contributed by atoms with Crippen LogP contribution in [0.25, 0.3) is 0 Å². The van der Waals surface area contributed by atoms with E-state index in [1.165, 1.54) is 25.1 Å². The molecule has 2 aromatic carbocycles. The average Bonchev–Trinajstić information content (AvgIpc) is 3.67. The van der Waals surface area contributed by atoms with E-state index in [0.717, 1.165) is 18.4 Å². The fraction of sp³-hybridized carbons (Fsp3) is 0.407. The van der Waals surface area contributed by atoms with Gasteiger partial charge in [0.25, 0.3) is 5.91 Å². The molecule has 10 heteroatoms. The van der Waals surface area contributed by atoms with Crippen molar-refractivity contribution in [2.75, 3.05) is 0 Å². The number of phenolic OH excluding ortho intramolecular Hbond substituents is 1. The first-order valence-corrected chi connectivity index (χ1v) is 12.4. The van der Waals surface area contributed by atoms with Gasteiger partial charge in [0.1, 0.15) is 35.4 Å². The molecule has 2 aliphatic heterocycles. The van der Waals surface area contributed by atoms with Gasteiger partial charge in [-0.15, -0.1) is 0 Å². The molecule has 0 spiro atoms. The van der Waals surface area contributed by atoms with Crippen LogP contribution in [0.1, 0.15) is 49.5 Å². The van der Waals surface area contributed by atoms with Gasteiger partial charge >= 0.3 is 0 Å². The first kappa shape index (κ1) is 26.0. The highest BCUT2D eigenvalue weighted by atomic mass is 16.5. The lowest BCUT2D eigenvalue weighted by Gasteiger charge is -2.25. The summed E-state index contributed by atoms with van der Waals surface area (Å²) in [6.45, 7) is 5.02. The maximum Gasteiger partial charge on any atom is 0.255 e. The first-order valence-electron chi connectivity index (χ1n) is 12.4. The maximum atomic E-state index is 13.0. The van der Waals surface area contributed by atoms with Crippen LogP contribution < -0.4 is 26.0 Å². The Labute approximate surface area is 215 Å². The van der Waals surface area contributed by atoms with Gasteiger partial charge in [-0.2, -0.15) is 0 Å². The van der Waals surface area contributed by atoms with Crippen LogP contribution in [0.4, 0.5) is 0 Å². The molecule has 3 aliphatic rings. The number of aromatic hydroxyl groups is 1. The second kappa shape index (κ2) is 10.9. The van der Waals surface area contributed by atoms with Gasteiger partial charge in [0.2, 0.25) is 17.7 Å². The number of phenols is 1. The van der Waals surface area contributed by atoms with Crippen LogP contribution in [0, 0.1) is 5.92 Å². The number of fused-ring (bicyclic) bond motifs is 11. The Morgan fingerprint density at radius 2 is 1.65 bits per heavy atom. The smallest absolute Gasteiger partial charge is 0.255 e. The molecular weight excluding hydrogens is 476 g/mol. The van der Waals surface area contributed by atoms with Gasteiger partial charge in [-0.05, 0) is 61.6 Å². The Balaban J connectivity index is 1.67. The minimum absolute atomic E-state index is 0.0519. The molecule has 5 rings (SSSR count). The van der Waals surface area contributed by atoms with Crippen molar-refractivity contribution in [3.63, 3.8) is 0 Å². The summed E-state index contributed by atoms with van der Waals surface area (Å²) in [5.41, 5.74) is 0.746. The summed E-state index contributed by atoms with van der Waals surface area (Å²) < 4.78 is 5.86. The van der Waals surface area contributed by atoms with Crippen molar-refractivity contribution in [1.29, 1.82) is 0 Å². The number of rotatable bonds is 3. The molecule has 0 radical (unpaired) electrons. The highest BCUT2D eigenvalue weighted by Crippen LogP contribution is 2.28. The highest BCUT2D eigenvalue weighted by Gasteiger charge is 2.32. The monoisotopic (exact) mass is 508 g/mol. The highest BCUT2D eigenvalue weighted by molar-refractivity contribution is 6.00. The van der Waals surface area contributed by atoms with E-state index in [4.69, 9.17) is 4.74 Å². The van der Waals surface area contributed by atoms with Crippen molar-refractivity contribution in [2.45, 2.75) is 64.2 Å². The number of amides is 4. The molecule has 0 unspecified atom stereocenters. The van der Waals surface area contributed by atoms with E-state index in [2.05, 4.69) is 21.3 Å². The van der Waals surface area contributed by atoms with Crippen molar-refractivity contribution >= 4 is 23.6 Å². The lowest BCUT2D eigenvalue weighted by Crippen LogP contribution is -2.57. The number of nitrogens with one attached hydrogen (secondary N) is 4. The molecule has 1 saturated carbocycles. The standard InChI is InChI=1S/C27H32N4O6/c1-14(2)23-27(36)28-15(3)24(33)30-21(26(35)29-17-6-7-17)12-16-4-8-18(9-5-16)37-19-10-11-22(32)20(13-19)25(34)31-23/h4-5,8-11,13-15,17,21,23,32H,6-7,12H2,1-3H3,(H,28,36)(H,29,35)(H,30,33)(H,31,34)/t15-,21+,23-/m0/s1. The molecule has 0 aromatic heterocycles. The Morgan fingerprint density at radius 1 is 0.973 bits per heavy atom. The molecule has 4 bridgehead atoms. The summed E-state index contributed by atoms with van der Waals surface area (Å²) in [7, 11) is 0. The van der Waals surface area contributed by atoms with E-state index < -0.39 is 35.8 Å². The minimum Gasteiger partial charge on any atom is -0.507 e. The lowest BCUT2D eigenvalue weighted by atomic mass is 10.0. The summed E-state index contributed by atoms with van der Waals surface area (Å²) in [5, 5.41) is 21.2. The van der Waals surface area contributed by atoms with E-state index in [0.29, 0.717) is 11.5 Å². The Kier molecular flexibility index (Phi) is 7.66. The van der Waals surface area contributed by atoms with Crippen molar-refractivity contribution in [3.8, 4) is 17.2 Å². The predicted molar refractivity (Wildman–Crippen MR) is 135 cm³/mol. The summed E-state index contributed by atoms with van der Waals surface area (Å²) in [4.78, 5) is 51.9. The zero-order valence-corrected chi connectivity index (χ0v) is 21.0. The quantitative estimate of drug-likeness (QED) is 0.400. The molecule has 1 fully saturated rings. The molecule has 37 heavy (non-hydrogen) atoms. The third-order valence-electron chi connectivity index (χ3n) is 6.36. The second-order valence-electron chi connectivity index (χ2n) is 9.90. The maximum absolute atomic E-state index is 13.0. The number of hydrogen-bond donors (Lipinski definition) is 5. The van der Waals surface area contributed by atoms with Gasteiger partial charge < -0.3 is 31.1 Å². The van der Waals surface area contributed by atoms with E-state index in [9.17, 15) is 24.3 Å². The van der Waals surface area contributed by atoms with E-state index in [1.54, 1.807) is 38.1 Å². The van der Waals surface area contributed by atoms with Crippen LogP contribution in [-0.2, 0) is 20.8 Å². The first-order chi connectivity index (χ1) is 17.6.